The summed E-state index contributed by atoms with van der Waals surface area (Å²) < 4.78 is 1.87. The van der Waals surface area contributed by atoms with Gasteiger partial charge in [-0.25, -0.2) is 15.0 Å². The first-order valence-electron chi connectivity index (χ1n) is 6.01. The Morgan fingerprint density at radius 1 is 1.00 bits per heavy atom. The van der Waals surface area contributed by atoms with Gasteiger partial charge in [0, 0.05) is 17.0 Å². The molecule has 0 fully saturated rings. The van der Waals surface area contributed by atoms with Crippen LogP contribution in [0.15, 0.2) is 49.3 Å². The van der Waals surface area contributed by atoms with Crippen LogP contribution in [0.2, 0.25) is 5.15 Å². The van der Waals surface area contributed by atoms with Crippen LogP contribution in [0, 0.1) is 0 Å². The van der Waals surface area contributed by atoms with Crippen molar-refractivity contribution in [3.8, 4) is 5.69 Å². The lowest BCUT2D eigenvalue weighted by Crippen LogP contribution is -1.96. The fourth-order valence-corrected chi connectivity index (χ4v) is 2.45. The van der Waals surface area contributed by atoms with Gasteiger partial charge in [0.25, 0.3) is 0 Å². The van der Waals surface area contributed by atoms with Crippen LogP contribution in [0.3, 0.4) is 0 Å². The molecule has 3 heterocycles. The third kappa shape index (κ3) is 1.57. The molecule has 5 nitrogen and oxygen atoms in total. The molecule has 0 unspecified atom stereocenters. The Morgan fingerprint density at radius 3 is 2.85 bits per heavy atom. The van der Waals surface area contributed by atoms with E-state index in [1.54, 1.807) is 12.5 Å². The van der Waals surface area contributed by atoms with E-state index in [1.165, 1.54) is 6.33 Å². The van der Waals surface area contributed by atoms with E-state index in [0.29, 0.717) is 16.3 Å². The van der Waals surface area contributed by atoms with Gasteiger partial charge in [-0.05, 0) is 0 Å². The van der Waals surface area contributed by atoms with Crippen molar-refractivity contribution in [2.24, 2.45) is 0 Å². The lowest BCUT2D eigenvalue weighted by molar-refractivity contribution is 1.06. The number of hydrogen-bond donors (Lipinski definition) is 0. The lowest BCUT2D eigenvalue weighted by atomic mass is 10.1. The number of imidazole rings is 1. The summed E-state index contributed by atoms with van der Waals surface area (Å²) in [5, 5.41) is 2.49. The maximum absolute atomic E-state index is 6.03. The molecule has 1 aromatic carbocycles. The quantitative estimate of drug-likeness (QED) is 0.503. The van der Waals surface area contributed by atoms with Gasteiger partial charge in [0.15, 0.2) is 10.8 Å². The molecule has 4 rings (SSSR count). The second-order valence-electron chi connectivity index (χ2n) is 4.33. The van der Waals surface area contributed by atoms with Gasteiger partial charge in [-0.3, -0.25) is 9.55 Å². The fourth-order valence-electron chi connectivity index (χ4n) is 2.28. The Labute approximate surface area is 118 Å². The third-order valence-corrected chi connectivity index (χ3v) is 3.47. The molecule has 0 radical (unpaired) electrons. The molecule has 0 saturated heterocycles. The summed E-state index contributed by atoms with van der Waals surface area (Å²) in [6, 6.07) is 8.04. The van der Waals surface area contributed by atoms with E-state index >= 15 is 0 Å². The molecule has 0 aliphatic heterocycles. The normalized spacial score (nSPS) is 11.2. The standard InChI is InChI=1S/C14H8ClN5/c15-13-12-14(18-7-17-13)20(8-19-12)11-6-16-5-9-3-1-2-4-10(9)11/h1-8H. The van der Waals surface area contributed by atoms with Crippen molar-refractivity contribution < 1.29 is 0 Å². The van der Waals surface area contributed by atoms with E-state index in [2.05, 4.69) is 19.9 Å². The van der Waals surface area contributed by atoms with Gasteiger partial charge >= 0.3 is 0 Å². The molecule has 0 spiro atoms. The first-order chi connectivity index (χ1) is 9.84. The highest BCUT2D eigenvalue weighted by Gasteiger charge is 2.11. The minimum absolute atomic E-state index is 0.349. The third-order valence-electron chi connectivity index (χ3n) is 3.20. The molecule has 0 bridgehead atoms. The highest BCUT2D eigenvalue weighted by molar-refractivity contribution is 6.33. The average Bonchev–Trinajstić information content (AvgIpc) is 2.92. The largest absolute Gasteiger partial charge is 0.281 e. The summed E-state index contributed by atoms with van der Waals surface area (Å²) >= 11 is 6.03. The first-order valence-corrected chi connectivity index (χ1v) is 6.39. The monoisotopic (exact) mass is 281 g/mol. The first kappa shape index (κ1) is 11.3. The van der Waals surface area contributed by atoms with Crippen molar-refractivity contribution in [1.29, 1.82) is 0 Å². The van der Waals surface area contributed by atoms with E-state index in [4.69, 9.17) is 11.6 Å². The highest BCUT2D eigenvalue weighted by atomic mass is 35.5. The van der Waals surface area contributed by atoms with E-state index < -0.39 is 0 Å². The molecule has 0 amide bonds. The fraction of sp³-hybridized carbons (Fsp3) is 0. The number of benzene rings is 1. The summed E-state index contributed by atoms with van der Waals surface area (Å²) in [7, 11) is 0. The Kier molecular flexibility index (Phi) is 2.40. The SMILES string of the molecule is Clc1ncnc2c1ncn2-c1cncc2ccccc12. The number of hydrogen-bond acceptors (Lipinski definition) is 4. The second kappa shape index (κ2) is 4.25. The van der Waals surface area contributed by atoms with Gasteiger partial charge in [0.1, 0.15) is 18.2 Å². The van der Waals surface area contributed by atoms with Crippen LogP contribution in [0.4, 0.5) is 0 Å². The Bertz CT molecular complexity index is 926. The van der Waals surface area contributed by atoms with Crippen LogP contribution in [-0.2, 0) is 0 Å². The van der Waals surface area contributed by atoms with Crippen molar-refractivity contribution in [2.45, 2.75) is 0 Å². The molecule has 0 saturated carbocycles. The maximum Gasteiger partial charge on any atom is 0.169 e. The van der Waals surface area contributed by atoms with Crippen LogP contribution in [-0.4, -0.2) is 24.5 Å². The molecular weight excluding hydrogens is 274 g/mol. The van der Waals surface area contributed by atoms with Crippen LogP contribution >= 0.6 is 11.6 Å². The average molecular weight is 282 g/mol. The second-order valence-corrected chi connectivity index (χ2v) is 4.69. The van der Waals surface area contributed by atoms with E-state index in [9.17, 15) is 0 Å². The summed E-state index contributed by atoms with van der Waals surface area (Å²) in [6.45, 7) is 0. The minimum Gasteiger partial charge on any atom is -0.281 e. The molecule has 20 heavy (non-hydrogen) atoms. The minimum atomic E-state index is 0.349. The predicted octanol–water partition coefficient (Wildman–Crippen LogP) is 3.02. The summed E-state index contributed by atoms with van der Waals surface area (Å²) in [4.78, 5) is 16.8. The Balaban J connectivity index is 2.09. The van der Waals surface area contributed by atoms with Gasteiger partial charge in [0.05, 0.1) is 11.9 Å². The molecule has 0 aliphatic rings. The van der Waals surface area contributed by atoms with Gasteiger partial charge < -0.3 is 0 Å². The van der Waals surface area contributed by atoms with Gasteiger partial charge in [-0.2, -0.15) is 0 Å². The molecule has 3 aromatic heterocycles. The molecule has 0 aliphatic carbocycles. The summed E-state index contributed by atoms with van der Waals surface area (Å²) in [5.41, 5.74) is 2.17. The van der Waals surface area contributed by atoms with Crippen molar-refractivity contribution in [2.75, 3.05) is 0 Å². The van der Waals surface area contributed by atoms with E-state index in [-0.39, 0.29) is 0 Å². The zero-order chi connectivity index (χ0) is 13.5. The molecule has 96 valence electrons. The van der Waals surface area contributed by atoms with Crippen LogP contribution < -0.4 is 0 Å². The van der Waals surface area contributed by atoms with E-state index in [1.807, 2.05) is 35.0 Å². The van der Waals surface area contributed by atoms with Gasteiger partial charge in [-0.15, -0.1) is 0 Å². The number of pyridine rings is 1. The number of fused-ring (bicyclic) bond motifs is 2. The number of nitrogens with zero attached hydrogens (tertiary/aromatic N) is 5. The van der Waals surface area contributed by atoms with Crippen LogP contribution in [0.25, 0.3) is 27.6 Å². The van der Waals surface area contributed by atoms with Crippen molar-refractivity contribution in [1.82, 2.24) is 24.5 Å². The van der Waals surface area contributed by atoms with Crippen LogP contribution in [0.1, 0.15) is 0 Å². The van der Waals surface area contributed by atoms with Crippen molar-refractivity contribution in [3.05, 3.63) is 54.5 Å². The zero-order valence-corrected chi connectivity index (χ0v) is 11.0. The van der Waals surface area contributed by atoms with Gasteiger partial charge in [-0.1, -0.05) is 35.9 Å². The maximum atomic E-state index is 6.03. The molecule has 4 aromatic rings. The Morgan fingerprint density at radius 2 is 1.90 bits per heavy atom. The number of aromatic nitrogens is 5. The van der Waals surface area contributed by atoms with E-state index in [0.717, 1.165) is 16.5 Å². The topological polar surface area (TPSA) is 56.5 Å². The summed E-state index contributed by atoms with van der Waals surface area (Å²) in [5.74, 6) is 0. The van der Waals surface area contributed by atoms with Gasteiger partial charge in [0.2, 0.25) is 0 Å². The molecule has 0 atom stereocenters. The smallest absolute Gasteiger partial charge is 0.169 e. The van der Waals surface area contributed by atoms with Crippen molar-refractivity contribution in [3.63, 3.8) is 0 Å². The summed E-state index contributed by atoms with van der Waals surface area (Å²) in [6.07, 6.45) is 6.75. The molecule has 6 heteroatoms. The lowest BCUT2D eigenvalue weighted by Gasteiger charge is -2.07. The van der Waals surface area contributed by atoms with Crippen LogP contribution in [0.5, 0.6) is 0 Å². The molecule has 0 N–H and O–H groups in total. The molecular formula is C14H8ClN5. The highest BCUT2D eigenvalue weighted by Crippen LogP contribution is 2.25. The number of rotatable bonds is 1. The number of halogens is 1. The van der Waals surface area contributed by atoms with Crippen molar-refractivity contribution >= 4 is 33.5 Å². The zero-order valence-electron chi connectivity index (χ0n) is 10.2. The predicted molar refractivity (Wildman–Crippen MR) is 77.0 cm³/mol. The Hall–Kier alpha value is -2.53.